The number of aryl methyl sites for hydroxylation is 1. The number of halogens is 2. The third-order valence-electron chi connectivity index (χ3n) is 5.03. The molecule has 4 amide bonds. The third-order valence-corrected chi connectivity index (χ3v) is 5.03. The maximum absolute atomic E-state index is 14.0. The van der Waals surface area contributed by atoms with Crippen LogP contribution in [-0.2, 0) is 4.79 Å². The van der Waals surface area contributed by atoms with Crippen molar-refractivity contribution < 1.29 is 23.2 Å². The molecule has 32 heavy (non-hydrogen) atoms. The second-order valence-electron chi connectivity index (χ2n) is 7.42. The zero-order valence-corrected chi connectivity index (χ0v) is 17.6. The van der Waals surface area contributed by atoms with Gasteiger partial charge in [-0.2, -0.15) is 0 Å². The molecule has 1 saturated heterocycles. The molecule has 0 radical (unpaired) electrons. The zero-order valence-electron chi connectivity index (χ0n) is 17.6. The molecule has 3 rings (SSSR count). The molecule has 1 heterocycles. The lowest BCUT2D eigenvalue weighted by Gasteiger charge is -2.42. The van der Waals surface area contributed by atoms with Crippen molar-refractivity contribution in [3.63, 3.8) is 0 Å². The normalized spacial score (nSPS) is 15.9. The van der Waals surface area contributed by atoms with Gasteiger partial charge in [0.2, 0.25) is 0 Å². The fourth-order valence-electron chi connectivity index (χ4n) is 3.54. The van der Waals surface area contributed by atoms with Crippen molar-refractivity contribution in [2.75, 3.05) is 31.5 Å². The number of benzene rings is 2. The maximum Gasteiger partial charge on any atom is 0.323 e. The monoisotopic (exact) mass is 445 g/mol. The molecule has 0 spiro atoms. The highest BCUT2D eigenvalue weighted by Gasteiger charge is 2.40. The van der Waals surface area contributed by atoms with Crippen molar-refractivity contribution in [2.45, 2.75) is 19.5 Å². The number of carbonyl (C=O) groups excluding carboxylic acids is 3. The third kappa shape index (κ3) is 5.20. The molecule has 2 aromatic carbocycles. The number of rotatable bonds is 5. The molecule has 0 saturated carbocycles. The van der Waals surface area contributed by atoms with Crippen LogP contribution in [0, 0.1) is 18.6 Å². The molecule has 0 aliphatic carbocycles. The minimum absolute atomic E-state index is 0.157. The predicted molar refractivity (Wildman–Crippen MR) is 115 cm³/mol. The van der Waals surface area contributed by atoms with Crippen LogP contribution in [0.5, 0.6) is 0 Å². The van der Waals surface area contributed by atoms with Gasteiger partial charge in [-0.3, -0.25) is 14.5 Å². The maximum atomic E-state index is 14.0. The molecule has 0 bridgehead atoms. The molecule has 2 aromatic rings. The van der Waals surface area contributed by atoms with E-state index in [0.29, 0.717) is 18.1 Å². The summed E-state index contributed by atoms with van der Waals surface area (Å²) >= 11 is 0. The number of carbonyl (C=O) groups is 3. The van der Waals surface area contributed by atoms with E-state index >= 15 is 0 Å². The van der Waals surface area contributed by atoms with Crippen LogP contribution in [0.4, 0.5) is 19.3 Å². The topological polar surface area (TPSA) is 108 Å². The average Bonchev–Trinajstić information content (AvgIpc) is 2.78. The molecule has 170 valence electrons. The first kappa shape index (κ1) is 23.1. The molecule has 1 atom stereocenters. The highest BCUT2D eigenvalue weighted by Crippen LogP contribution is 2.22. The Morgan fingerprint density at radius 1 is 1.09 bits per heavy atom. The van der Waals surface area contributed by atoms with Crippen molar-refractivity contribution in [2.24, 2.45) is 5.73 Å². The standard InChI is InChI=1S/C22H25F2N5O3/c1-14-4-2-5-15(12-14)21(31)28-10-3-11-29(20(28)19(30)26-9-8-25)22(32)27-18-7-6-16(23)13-17(18)24/h2,4-7,12-13,20H,3,8-11,25H2,1H3,(H,26,30)(H,27,32). The minimum Gasteiger partial charge on any atom is -0.351 e. The average molecular weight is 445 g/mol. The lowest BCUT2D eigenvalue weighted by atomic mass is 10.1. The molecule has 10 heteroatoms. The van der Waals surface area contributed by atoms with E-state index in [0.717, 1.165) is 22.6 Å². The summed E-state index contributed by atoms with van der Waals surface area (Å²) in [5.41, 5.74) is 6.49. The quantitative estimate of drug-likeness (QED) is 0.655. The van der Waals surface area contributed by atoms with E-state index in [1.54, 1.807) is 18.2 Å². The molecule has 0 aromatic heterocycles. The minimum atomic E-state index is -1.26. The highest BCUT2D eigenvalue weighted by molar-refractivity contribution is 6.00. The SMILES string of the molecule is Cc1cccc(C(=O)N2CCCN(C(=O)Nc3ccc(F)cc3F)C2C(=O)NCCN)c1. The molecule has 8 nitrogen and oxygen atoms in total. The van der Waals surface area contributed by atoms with Crippen LogP contribution in [0.3, 0.4) is 0 Å². The van der Waals surface area contributed by atoms with E-state index < -0.39 is 35.6 Å². The van der Waals surface area contributed by atoms with Crippen molar-refractivity contribution in [3.8, 4) is 0 Å². The Morgan fingerprint density at radius 2 is 1.84 bits per heavy atom. The second-order valence-corrected chi connectivity index (χ2v) is 7.42. The first-order chi connectivity index (χ1) is 15.3. The van der Waals surface area contributed by atoms with E-state index in [1.807, 2.05) is 13.0 Å². The Morgan fingerprint density at radius 3 is 2.53 bits per heavy atom. The van der Waals surface area contributed by atoms with Crippen LogP contribution in [0.25, 0.3) is 0 Å². The molecular weight excluding hydrogens is 420 g/mol. The molecule has 1 fully saturated rings. The van der Waals surface area contributed by atoms with Gasteiger partial charge in [0.15, 0.2) is 6.17 Å². The number of nitrogens with one attached hydrogen (secondary N) is 2. The predicted octanol–water partition coefficient (Wildman–Crippen LogP) is 2.05. The van der Waals surface area contributed by atoms with E-state index in [2.05, 4.69) is 10.6 Å². The van der Waals surface area contributed by atoms with E-state index in [9.17, 15) is 23.2 Å². The van der Waals surface area contributed by atoms with Gasteiger partial charge in [-0.1, -0.05) is 17.7 Å². The first-order valence-electron chi connectivity index (χ1n) is 10.2. The van der Waals surface area contributed by atoms with Crippen LogP contribution in [-0.4, -0.2) is 60.0 Å². The van der Waals surface area contributed by atoms with Crippen LogP contribution in [0.1, 0.15) is 22.3 Å². The number of nitrogens with zero attached hydrogens (tertiary/aromatic N) is 2. The van der Waals surface area contributed by atoms with Gasteiger partial charge in [-0.05, 0) is 37.6 Å². The number of anilines is 1. The largest absolute Gasteiger partial charge is 0.351 e. The van der Waals surface area contributed by atoms with Gasteiger partial charge in [0.25, 0.3) is 11.8 Å². The van der Waals surface area contributed by atoms with Crippen molar-refractivity contribution in [3.05, 3.63) is 65.2 Å². The summed E-state index contributed by atoms with van der Waals surface area (Å²) in [7, 11) is 0. The fraction of sp³-hybridized carbons (Fsp3) is 0.318. The van der Waals surface area contributed by atoms with Crippen molar-refractivity contribution in [1.29, 1.82) is 0 Å². The molecule has 1 unspecified atom stereocenters. The number of urea groups is 1. The highest BCUT2D eigenvalue weighted by atomic mass is 19.1. The summed E-state index contributed by atoms with van der Waals surface area (Å²) in [6, 6.07) is 8.86. The summed E-state index contributed by atoms with van der Waals surface area (Å²) in [5, 5.41) is 4.97. The van der Waals surface area contributed by atoms with Crippen LogP contribution in [0.2, 0.25) is 0 Å². The fourth-order valence-corrected chi connectivity index (χ4v) is 3.54. The van der Waals surface area contributed by atoms with Gasteiger partial charge in [0.05, 0.1) is 5.69 Å². The van der Waals surface area contributed by atoms with Crippen LogP contribution in [0.15, 0.2) is 42.5 Å². The Kier molecular flexibility index (Phi) is 7.37. The van der Waals surface area contributed by atoms with E-state index in [1.165, 1.54) is 4.90 Å². The Balaban J connectivity index is 1.89. The van der Waals surface area contributed by atoms with Crippen molar-refractivity contribution >= 4 is 23.5 Å². The number of amides is 4. The molecule has 1 aliphatic heterocycles. The number of nitrogens with two attached hydrogens (primary N) is 1. The Labute approximate surface area is 184 Å². The summed E-state index contributed by atoms with van der Waals surface area (Å²) < 4.78 is 27.2. The Hall–Kier alpha value is -3.53. The lowest BCUT2D eigenvalue weighted by molar-refractivity contribution is -0.132. The number of hydrogen-bond donors (Lipinski definition) is 3. The first-order valence-corrected chi connectivity index (χ1v) is 10.2. The van der Waals surface area contributed by atoms with E-state index in [-0.39, 0.29) is 31.9 Å². The molecular formula is C22H25F2N5O3. The van der Waals surface area contributed by atoms with Gasteiger partial charge in [0.1, 0.15) is 11.6 Å². The summed E-state index contributed by atoms with van der Waals surface area (Å²) in [4.78, 5) is 41.6. The van der Waals surface area contributed by atoms with Gasteiger partial charge < -0.3 is 21.3 Å². The van der Waals surface area contributed by atoms with Crippen molar-refractivity contribution in [1.82, 2.24) is 15.1 Å². The summed E-state index contributed by atoms with van der Waals surface area (Å²) in [6.45, 7) is 2.59. The van der Waals surface area contributed by atoms with Gasteiger partial charge in [-0.25, -0.2) is 13.6 Å². The molecule has 4 N–H and O–H groups in total. The second kappa shape index (κ2) is 10.2. The van der Waals surface area contributed by atoms with E-state index in [4.69, 9.17) is 5.73 Å². The van der Waals surface area contributed by atoms with Crippen LogP contribution < -0.4 is 16.4 Å². The summed E-state index contributed by atoms with van der Waals surface area (Å²) in [5.74, 6) is -2.72. The molecule has 1 aliphatic rings. The number of hydrogen-bond acceptors (Lipinski definition) is 4. The van der Waals surface area contributed by atoms with Gasteiger partial charge in [0, 0.05) is 37.8 Å². The summed E-state index contributed by atoms with van der Waals surface area (Å²) in [6.07, 6.45) is -0.843. The van der Waals surface area contributed by atoms with Crippen LogP contribution >= 0.6 is 0 Å². The van der Waals surface area contributed by atoms with Gasteiger partial charge >= 0.3 is 6.03 Å². The zero-order chi connectivity index (χ0) is 23.3. The smallest absolute Gasteiger partial charge is 0.323 e. The van der Waals surface area contributed by atoms with Gasteiger partial charge in [-0.15, -0.1) is 0 Å². The lowest BCUT2D eigenvalue weighted by Crippen LogP contribution is -2.64. The Bertz CT molecular complexity index is 1020.